The zero-order valence-electron chi connectivity index (χ0n) is 21.4. The molecular weight excluding hydrogens is 561 g/mol. The second kappa shape index (κ2) is 14.6. The van der Waals surface area contributed by atoms with Crippen LogP contribution in [0.3, 0.4) is 0 Å². The molecule has 11 heteroatoms. The molecule has 0 saturated heterocycles. The summed E-state index contributed by atoms with van der Waals surface area (Å²) in [5.74, 6) is 0.992. The molecule has 0 saturated carbocycles. The molecule has 1 aromatic heterocycles. The van der Waals surface area contributed by atoms with Crippen molar-refractivity contribution < 1.29 is 37.3 Å². The molecule has 0 aliphatic rings. The Hall–Kier alpha value is -2.75. The molecule has 3 aromatic carbocycles. The summed E-state index contributed by atoms with van der Waals surface area (Å²) in [5.41, 5.74) is 4.88. The van der Waals surface area contributed by atoms with E-state index in [0.29, 0.717) is 24.8 Å². The van der Waals surface area contributed by atoms with Gasteiger partial charge in [0.05, 0.1) is 25.2 Å². The van der Waals surface area contributed by atoms with Crippen LogP contribution < -0.4 is 13.8 Å². The average molecular weight is 591 g/mol. The highest BCUT2D eigenvalue weighted by molar-refractivity contribution is 7.47. The quantitative estimate of drug-likeness (QED) is 0.133. The van der Waals surface area contributed by atoms with Crippen LogP contribution in [-0.4, -0.2) is 31.3 Å². The van der Waals surface area contributed by atoms with Crippen molar-refractivity contribution >= 4 is 30.8 Å². The highest BCUT2D eigenvalue weighted by Crippen LogP contribution is 2.44. The van der Waals surface area contributed by atoms with Gasteiger partial charge in [-0.05, 0) is 47.5 Å². The standard InChI is InChI=1S/C28H29ClNO7PS/c1-33-28(19-34-17-22-7-11-26(12-8-22)35-18-23-5-9-25(29)10-6-23)20-36-38(31,32)37-27-4-2-3-24(15-27)16-30-13-14-39-21-30/h2-15,21,28H,16-20H2,1H3/p+1. The fraction of sp³-hybridized carbons (Fsp3) is 0.250. The average Bonchev–Trinajstić information content (AvgIpc) is 3.44. The van der Waals surface area contributed by atoms with Gasteiger partial charge >= 0.3 is 7.82 Å². The second-order valence-corrected chi connectivity index (χ2v) is 11.2. The van der Waals surface area contributed by atoms with Crippen LogP contribution in [0.4, 0.5) is 0 Å². The molecular formula is C28H30ClNO7PS+. The minimum atomic E-state index is -4.36. The van der Waals surface area contributed by atoms with Crippen molar-refractivity contribution in [1.29, 1.82) is 0 Å². The lowest BCUT2D eigenvalue weighted by atomic mass is 10.2. The Labute approximate surface area is 236 Å². The summed E-state index contributed by atoms with van der Waals surface area (Å²) in [5, 5.41) is 2.66. The number of nitrogens with zero attached hydrogens (tertiary/aromatic N) is 1. The highest BCUT2D eigenvalue weighted by atomic mass is 35.5. The first kappa shape index (κ1) is 29.2. The van der Waals surface area contributed by atoms with Crippen LogP contribution in [0.25, 0.3) is 0 Å². The van der Waals surface area contributed by atoms with Gasteiger partial charge in [0.25, 0.3) is 0 Å². The lowest BCUT2D eigenvalue weighted by Gasteiger charge is -2.18. The third kappa shape index (κ3) is 10.1. The molecule has 0 aliphatic carbocycles. The molecule has 0 bridgehead atoms. The van der Waals surface area contributed by atoms with Crippen LogP contribution in [0.5, 0.6) is 11.5 Å². The van der Waals surface area contributed by atoms with E-state index in [9.17, 15) is 9.46 Å². The van der Waals surface area contributed by atoms with E-state index in [1.807, 2.05) is 76.3 Å². The maximum absolute atomic E-state index is 12.5. The van der Waals surface area contributed by atoms with Gasteiger partial charge < -0.3 is 18.7 Å². The van der Waals surface area contributed by atoms with E-state index in [2.05, 4.69) is 0 Å². The van der Waals surface area contributed by atoms with Crippen LogP contribution in [-0.2, 0) is 38.3 Å². The molecule has 1 heterocycles. The van der Waals surface area contributed by atoms with E-state index in [0.717, 1.165) is 22.4 Å². The molecule has 206 valence electrons. The second-order valence-electron chi connectivity index (χ2n) is 8.63. The van der Waals surface area contributed by atoms with Crippen LogP contribution in [0.1, 0.15) is 16.7 Å². The van der Waals surface area contributed by atoms with Gasteiger partial charge in [-0.2, -0.15) is 4.57 Å². The summed E-state index contributed by atoms with van der Waals surface area (Å²) in [6.45, 7) is 1.39. The number of halogens is 1. The molecule has 0 radical (unpaired) electrons. The third-order valence-corrected chi connectivity index (χ3v) is 7.42. The van der Waals surface area contributed by atoms with E-state index in [1.165, 1.54) is 7.11 Å². The normalized spacial score (nSPS) is 13.5. The summed E-state index contributed by atoms with van der Waals surface area (Å²) >= 11 is 7.50. The molecule has 8 nitrogen and oxygen atoms in total. The number of hydrogen-bond donors (Lipinski definition) is 1. The molecule has 1 N–H and O–H groups in total. The number of phosphoric acid groups is 1. The van der Waals surface area contributed by atoms with Gasteiger partial charge in [-0.3, -0.25) is 9.42 Å². The first-order valence-electron chi connectivity index (χ1n) is 12.1. The molecule has 2 atom stereocenters. The number of ether oxygens (including phenoxy) is 3. The SMILES string of the molecule is COC(COCc1ccc(OCc2ccc(Cl)cc2)cc1)COP(=O)(O)Oc1cccc(C[n+]2ccsc2)c1. The fourth-order valence-electron chi connectivity index (χ4n) is 3.52. The molecule has 0 aliphatic heterocycles. The summed E-state index contributed by atoms with van der Waals surface area (Å²) in [7, 11) is -2.87. The van der Waals surface area contributed by atoms with E-state index >= 15 is 0 Å². The number of hydrogen-bond acceptors (Lipinski definition) is 7. The number of thiazole rings is 1. The molecule has 4 aromatic rings. The van der Waals surface area contributed by atoms with E-state index in [4.69, 9.17) is 34.9 Å². The van der Waals surface area contributed by atoms with Crippen molar-refractivity contribution in [3.63, 3.8) is 0 Å². The van der Waals surface area contributed by atoms with E-state index in [-0.39, 0.29) is 19.0 Å². The van der Waals surface area contributed by atoms with Gasteiger partial charge in [0.15, 0.2) is 12.7 Å². The zero-order chi connectivity index (χ0) is 27.5. The Morgan fingerprint density at radius 3 is 2.41 bits per heavy atom. The lowest BCUT2D eigenvalue weighted by Crippen LogP contribution is -2.30. The summed E-state index contributed by atoms with van der Waals surface area (Å²) < 4.78 is 41.8. The number of methoxy groups -OCH3 is 1. The summed E-state index contributed by atoms with van der Waals surface area (Å²) in [6, 6.07) is 22.1. The monoisotopic (exact) mass is 590 g/mol. The Kier molecular flexibility index (Phi) is 10.9. The van der Waals surface area contributed by atoms with Crippen molar-refractivity contribution in [2.75, 3.05) is 20.3 Å². The Bertz CT molecular complexity index is 1340. The van der Waals surface area contributed by atoms with Gasteiger partial charge in [0, 0.05) is 17.7 Å². The third-order valence-electron chi connectivity index (χ3n) is 5.58. The predicted molar refractivity (Wildman–Crippen MR) is 149 cm³/mol. The minimum Gasteiger partial charge on any atom is -0.489 e. The van der Waals surface area contributed by atoms with Crippen LogP contribution in [0.15, 0.2) is 89.9 Å². The Morgan fingerprint density at radius 2 is 1.69 bits per heavy atom. The minimum absolute atomic E-state index is 0.165. The largest absolute Gasteiger partial charge is 0.527 e. The molecule has 4 rings (SSSR count). The van der Waals surface area contributed by atoms with Crippen molar-refractivity contribution in [3.05, 3.63) is 112 Å². The molecule has 2 unspecified atom stereocenters. The summed E-state index contributed by atoms with van der Waals surface area (Å²) in [6.07, 6.45) is 1.40. The first-order chi connectivity index (χ1) is 18.9. The molecule has 39 heavy (non-hydrogen) atoms. The Balaban J connectivity index is 1.18. The molecule has 0 spiro atoms. The Morgan fingerprint density at radius 1 is 0.949 bits per heavy atom. The maximum atomic E-state index is 12.5. The molecule has 0 amide bonds. The van der Waals surface area contributed by atoms with Crippen molar-refractivity contribution in [2.45, 2.75) is 25.9 Å². The first-order valence-corrected chi connectivity index (χ1v) is 14.9. The fourth-order valence-corrected chi connectivity index (χ4v) is 5.03. The predicted octanol–water partition coefficient (Wildman–Crippen LogP) is 6.04. The van der Waals surface area contributed by atoms with Crippen LogP contribution >= 0.6 is 30.8 Å². The number of phosphoric ester groups is 1. The van der Waals surface area contributed by atoms with Crippen molar-refractivity contribution in [1.82, 2.24) is 0 Å². The van der Waals surface area contributed by atoms with Gasteiger partial charge in [-0.1, -0.05) is 59.3 Å². The van der Waals surface area contributed by atoms with E-state index < -0.39 is 13.9 Å². The van der Waals surface area contributed by atoms with Gasteiger partial charge in [-0.25, -0.2) is 4.57 Å². The lowest BCUT2D eigenvalue weighted by molar-refractivity contribution is -0.683. The number of benzene rings is 3. The van der Waals surface area contributed by atoms with Gasteiger partial charge in [0.1, 0.15) is 24.2 Å². The molecule has 0 fully saturated rings. The summed E-state index contributed by atoms with van der Waals surface area (Å²) in [4.78, 5) is 10.2. The van der Waals surface area contributed by atoms with Crippen LogP contribution in [0, 0.1) is 0 Å². The van der Waals surface area contributed by atoms with Crippen LogP contribution in [0.2, 0.25) is 5.02 Å². The number of rotatable bonds is 15. The van der Waals surface area contributed by atoms with E-state index in [1.54, 1.807) is 29.5 Å². The van der Waals surface area contributed by atoms with Gasteiger partial charge in [0.2, 0.25) is 5.51 Å². The van der Waals surface area contributed by atoms with Gasteiger partial charge in [-0.15, -0.1) is 0 Å². The number of aromatic nitrogens is 1. The highest BCUT2D eigenvalue weighted by Gasteiger charge is 2.25. The maximum Gasteiger partial charge on any atom is 0.527 e. The van der Waals surface area contributed by atoms with Crippen molar-refractivity contribution in [2.24, 2.45) is 0 Å². The van der Waals surface area contributed by atoms with Crippen molar-refractivity contribution in [3.8, 4) is 11.5 Å². The topological polar surface area (TPSA) is 87.3 Å². The zero-order valence-corrected chi connectivity index (χ0v) is 23.8. The smallest absolute Gasteiger partial charge is 0.489 e.